The predicted molar refractivity (Wildman–Crippen MR) is 78.1 cm³/mol. The van der Waals surface area contributed by atoms with Gasteiger partial charge in [0.25, 0.3) is 0 Å². The van der Waals surface area contributed by atoms with E-state index in [9.17, 15) is 5.26 Å². The second-order valence-corrected chi connectivity index (χ2v) is 5.44. The topological polar surface area (TPSA) is 43.2 Å². The minimum absolute atomic E-state index is 0.287. The van der Waals surface area contributed by atoms with Crippen molar-refractivity contribution in [2.75, 3.05) is 24.5 Å². The van der Waals surface area contributed by atoms with E-state index in [0.717, 1.165) is 31.9 Å². The summed E-state index contributed by atoms with van der Waals surface area (Å²) in [5, 5.41) is 9.21. The molecule has 102 valence electrons. The summed E-state index contributed by atoms with van der Waals surface area (Å²) in [5.74, 6) is 3.74. The van der Waals surface area contributed by atoms with Gasteiger partial charge in [-0.25, -0.2) is 4.98 Å². The molecule has 0 bridgehead atoms. The zero-order valence-electron chi connectivity index (χ0n) is 11.5. The molecule has 2 fully saturated rings. The standard InChI is InChI=1S/C16H18N4/c1-2-14-6-3-7-15-12-19(9-10-20(14)15)16-13(11-17)5-4-8-18-16/h1,4-5,8,14-15H,3,6-7,9-10,12H2/t14-,15-/m0/s1. The van der Waals surface area contributed by atoms with Crippen LogP contribution in [-0.2, 0) is 0 Å². The first kappa shape index (κ1) is 13.0. The van der Waals surface area contributed by atoms with Crippen molar-refractivity contribution >= 4 is 5.82 Å². The maximum Gasteiger partial charge on any atom is 0.146 e. The fourth-order valence-electron chi connectivity index (χ4n) is 3.36. The van der Waals surface area contributed by atoms with Gasteiger partial charge in [-0.3, -0.25) is 4.90 Å². The van der Waals surface area contributed by atoms with Crippen LogP contribution in [0.4, 0.5) is 5.82 Å². The second-order valence-electron chi connectivity index (χ2n) is 5.44. The minimum Gasteiger partial charge on any atom is -0.353 e. The van der Waals surface area contributed by atoms with E-state index in [1.54, 1.807) is 6.20 Å². The highest BCUT2D eigenvalue weighted by atomic mass is 15.3. The number of piperidine rings is 1. The molecule has 1 aromatic heterocycles. The Kier molecular flexibility index (Phi) is 3.58. The van der Waals surface area contributed by atoms with E-state index in [4.69, 9.17) is 6.42 Å². The fraction of sp³-hybridized carbons (Fsp3) is 0.500. The van der Waals surface area contributed by atoms with Crippen molar-refractivity contribution < 1.29 is 0 Å². The van der Waals surface area contributed by atoms with E-state index in [1.807, 2.05) is 12.1 Å². The molecule has 1 aromatic rings. The van der Waals surface area contributed by atoms with Crippen LogP contribution in [0.3, 0.4) is 0 Å². The van der Waals surface area contributed by atoms with Crippen molar-refractivity contribution in [1.82, 2.24) is 9.88 Å². The quantitative estimate of drug-likeness (QED) is 0.725. The number of aromatic nitrogens is 1. The minimum atomic E-state index is 0.287. The molecule has 0 radical (unpaired) electrons. The summed E-state index contributed by atoms with van der Waals surface area (Å²) in [6.45, 7) is 2.77. The molecule has 4 nitrogen and oxygen atoms in total. The van der Waals surface area contributed by atoms with Crippen molar-refractivity contribution in [3.63, 3.8) is 0 Å². The van der Waals surface area contributed by atoms with Crippen molar-refractivity contribution in [3.8, 4) is 18.4 Å². The van der Waals surface area contributed by atoms with E-state index < -0.39 is 0 Å². The van der Waals surface area contributed by atoms with Crippen LogP contribution in [0.5, 0.6) is 0 Å². The summed E-state index contributed by atoms with van der Waals surface area (Å²) in [4.78, 5) is 9.08. The molecule has 0 N–H and O–H groups in total. The highest BCUT2D eigenvalue weighted by Gasteiger charge is 2.34. The van der Waals surface area contributed by atoms with Gasteiger partial charge in [0.15, 0.2) is 0 Å². The molecule has 2 atom stereocenters. The van der Waals surface area contributed by atoms with Crippen molar-refractivity contribution in [1.29, 1.82) is 5.26 Å². The van der Waals surface area contributed by atoms with Crippen LogP contribution >= 0.6 is 0 Å². The van der Waals surface area contributed by atoms with Crippen LogP contribution in [-0.4, -0.2) is 41.6 Å². The maximum absolute atomic E-state index is 9.21. The summed E-state index contributed by atoms with van der Waals surface area (Å²) in [7, 11) is 0. The van der Waals surface area contributed by atoms with Crippen LogP contribution in [0.15, 0.2) is 18.3 Å². The van der Waals surface area contributed by atoms with Gasteiger partial charge in [0.1, 0.15) is 11.9 Å². The average molecular weight is 266 g/mol. The number of anilines is 1. The molecule has 4 heteroatoms. The molecule has 0 saturated carbocycles. The first-order valence-electron chi connectivity index (χ1n) is 7.15. The lowest BCUT2D eigenvalue weighted by molar-refractivity contribution is 0.100. The number of nitrogens with zero attached hydrogens (tertiary/aromatic N) is 4. The second kappa shape index (κ2) is 5.53. The molecule has 3 rings (SSSR count). The molecule has 0 spiro atoms. The molecule has 3 heterocycles. The van der Waals surface area contributed by atoms with Crippen LogP contribution in [0.1, 0.15) is 24.8 Å². The van der Waals surface area contributed by atoms with Gasteiger partial charge >= 0.3 is 0 Å². The SMILES string of the molecule is C#C[C@H]1CCC[C@H]2CN(c3ncccc3C#N)CCN21. The maximum atomic E-state index is 9.21. The Hall–Kier alpha value is -2.04. The molecule has 20 heavy (non-hydrogen) atoms. The highest BCUT2D eigenvalue weighted by Crippen LogP contribution is 2.28. The molecule has 0 aromatic carbocycles. The lowest BCUT2D eigenvalue weighted by Gasteiger charge is -2.47. The Bertz CT molecular complexity index is 569. The predicted octanol–water partition coefficient (Wildman–Crippen LogP) is 1.63. The Balaban J connectivity index is 1.80. The molecular weight excluding hydrogens is 248 g/mol. The first-order chi connectivity index (χ1) is 9.83. The number of piperazine rings is 1. The van der Waals surface area contributed by atoms with Crippen LogP contribution in [0.25, 0.3) is 0 Å². The Morgan fingerprint density at radius 3 is 3.05 bits per heavy atom. The Labute approximate surface area is 120 Å². The number of rotatable bonds is 1. The van der Waals surface area contributed by atoms with E-state index in [2.05, 4.69) is 26.8 Å². The summed E-state index contributed by atoms with van der Waals surface area (Å²) < 4.78 is 0. The molecular formula is C16H18N4. The molecule has 0 amide bonds. The van der Waals surface area contributed by atoms with Gasteiger partial charge in [-0.1, -0.05) is 5.92 Å². The zero-order valence-corrected chi connectivity index (χ0v) is 11.5. The van der Waals surface area contributed by atoms with E-state index in [1.165, 1.54) is 12.8 Å². The smallest absolute Gasteiger partial charge is 0.146 e. The van der Waals surface area contributed by atoms with Crippen LogP contribution < -0.4 is 4.90 Å². The average Bonchev–Trinajstić information content (AvgIpc) is 2.53. The van der Waals surface area contributed by atoms with Gasteiger partial charge in [0.05, 0.1) is 11.6 Å². The Morgan fingerprint density at radius 2 is 2.25 bits per heavy atom. The van der Waals surface area contributed by atoms with Crippen LogP contribution in [0, 0.1) is 23.7 Å². The van der Waals surface area contributed by atoms with Crippen molar-refractivity contribution in [2.24, 2.45) is 0 Å². The molecule has 2 aliphatic rings. The normalized spacial score (nSPS) is 26.4. The number of hydrogen-bond donors (Lipinski definition) is 0. The largest absolute Gasteiger partial charge is 0.353 e. The highest BCUT2D eigenvalue weighted by molar-refractivity contribution is 5.54. The monoisotopic (exact) mass is 266 g/mol. The molecule has 2 saturated heterocycles. The van der Waals surface area contributed by atoms with Gasteiger partial charge in [0, 0.05) is 31.9 Å². The summed E-state index contributed by atoms with van der Waals surface area (Å²) >= 11 is 0. The number of pyridine rings is 1. The number of fused-ring (bicyclic) bond motifs is 1. The molecule has 0 unspecified atom stereocenters. The summed E-state index contributed by atoms with van der Waals surface area (Å²) in [6, 6.07) is 6.66. The fourth-order valence-corrected chi connectivity index (χ4v) is 3.36. The van der Waals surface area contributed by atoms with Gasteiger partial charge in [0.2, 0.25) is 0 Å². The number of terminal acetylenes is 1. The molecule has 0 aliphatic carbocycles. The summed E-state index contributed by atoms with van der Waals surface area (Å²) in [6.07, 6.45) is 10.9. The van der Waals surface area contributed by atoms with Crippen molar-refractivity contribution in [3.05, 3.63) is 23.9 Å². The van der Waals surface area contributed by atoms with E-state index in [-0.39, 0.29) is 6.04 Å². The third-order valence-electron chi connectivity index (χ3n) is 4.34. The van der Waals surface area contributed by atoms with Crippen molar-refractivity contribution in [2.45, 2.75) is 31.3 Å². The lowest BCUT2D eigenvalue weighted by atomic mass is 9.93. The summed E-state index contributed by atoms with van der Waals surface area (Å²) in [5.41, 5.74) is 0.658. The first-order valence-corrected chi connectivity index (χ1v) is 7.15. The van der Waals surface area contributed by atoms with Gasteiger partial charge in [-0.05, 0) is 31.4 Å². The van der Waals surface area contributed by atoms with E-state index in [0.29, 0.717) is 11.6 Å². The number of hydrogen-bond acceptors (Lipinski definition) is 4. The Morgan fingerprint density at radius 1 is 1.35 bits per heavy atom. The lowest BCUT2D eigenvalue weighted by Crippen LogP contribution is -2.58. The third-order valence-corrected chi connectivity index (χ3v) is 4.34. The zero-order chi connectivity index (χ0) is 13.9. The molecule has 2 aliphatic heterocycles. The van der Waals surface area contributed by atoms with Crippen LogP contribution in [0.2, 0.25) is 0 Å². The van der Waals surface area contributed by atoms with Gasteiger partial charge in [-0.2, -0.15) is 5.26 Å². The third kappa shape index (κ3) is 2.24. The van der Waals surface area contributed by atoms with Gasteiger partial charge < -0.3 is 4.90 Å². The van der Waals surface area contributed by atoms with E-state index >= 15 is 0 Å². The number of nitriles is 1. The van der Waals surface area contributed by atoms with Gasteiger partial charge in [-0.15, -0.1) is 6.42 Å².